The van der Waals surface area contributed by atoms with Gasteiger partial charge in [0.2, 0.25) is 5.91 Å². The summed E-state index contributed by atoms with van der Waals surface area (Å²) >= 11 is 0. The molecule has 2 rings (SSSR count). The predicted octanol–water partition coefficient (Wildman–Crippen LogP) is 2.87. The van der Waals surface area contributed by atoms with Crippen LogP contribution >= 0.6 is 0 Å². The number of hydrogen-bond donors (Lipinski definition) is 2. The van der Waals surface area contributed by atoms with Gasteiger partial charge in [-0.15, -0.1) is 0 Å². The average molecular weight is 314 g/mol. The summed E-state index contributed by atoms with van der Waals surface area (Å²) in [6, 6.07) is 14.6. The molecule has 3 N–H and O–H groups in total. The first-order valence-corrected chi connectivity index (χ1v) is 7.62. The zero-order valence-corrected chi connectivity index (χ0v) is 13.2. The van der Waals surface area contributed by atoms with Crippen LogP contribution in [0.25, 0.3) is 0 Å². The van der Waals surface area contributed by atoms with Crippen molar-refractivity contribution < 1.29 is 14.3 Å². The van der Waals surface area contributed by atoms with Crippen molar-refractivity contribution in [3.63, 3.8) is 0 Å². The van der Waals surface area contributed by atoms with Gasteiger partial charge in [-0.25, -0.2) is 0 Å². The lowest BCUT2D eigenvalue weighted by Gasteiger charge is -2.09. The van der Waals surface area contributed by atoms with Crippen molar-refractivity contribution >= 4 is 17.3 Å². The van der Waals surface area contributed by atoms with Crippen LogP contribution in [0.1, 0.15) is 12.5 Å². The third kappa shape index (κ3) is 6.00. The molecule has 122 valence electrons. The largest absolute Gasteiger partial charge is 0.491 e. The number of nitrogen functional groups attached to an aromatic ring is 1. The Labute approximate surface area is 136 Å². The third-order valence-electron chi connectivity index (χ3n) is 3.16. The molecule has 2 aromatic rings. The summed E-state index contributed by atoms with van der Waals surface area (Å²) in [6.45, 7) is 3.64. The Bertz CT molecular complexity index is 626. The number of carbonyl (C=O) groups excluding carboxylic acids is 1. The molecule has 0 atom stereocenters. The van der Waals surface area contributed by atoms with Crippen molar-refractivity contribution in [1.82, 2.24) is 0 Å². The summed E-state index contributed by atoms with van der Waals surface area (Å²) in [5.41, 5.74) is 7.94. The highest BCUT2D eigenvalue weighted by molar-refractivity contribution is 5.92. The molecule has 0 saturated carbocycles. The van der Waals surface area contributed by atoms with Crippen molar-refractivity contribution in [1.29, 1.82) is 0 Å². The molecule has 0 spiro atoms. The lowest BCUT2D eigenvalue weighted by Crippen LogP contribution is -2.14. The highest BCUT2D eigenvalue weighted by atomic mass is 16.5. The molecule has 0 aliphatic rings. The summed E-state index contributed by atoms with van der Waals surface area (Å²) in [5.74, 6) is 0.622. The molecule has 0 aliphatic carbocycles. The van der Waals surface area contributed by atoms with Gasteiger partial charge in [-0.1, -0.05) is 18.2 Å². The van der Waals surface area contributed by atoms with Gasteiger partial charge in [-0.2, -0.15) is 0 Å². The molecule has 0 radical (unpaired) electrons. The van der Waals surface area contributed by atoms with E-state index in [0.29, 0.717) is 43.4 Å². The van der Waals surface area contributed by atoms with Crippen LogP contribution in [0.5, 0.6) is 5.75 Å². The second-order valence-electron chi connectivity index (χ2n) is 5.04. The number of anilines is 2. The summed E-state index contributed by atoms with van der Waals surface area (Å²) in [4.78, 5) is 12.1. The van der Waals surface area contributed by atoms with Crippen LogP contribution in [0.4, 0.5) is 11.4 Å². The maximum Gasteiger partial charge on any atom is 0.228 e. The topological polar surface area (TPSA) is 73.6 Å². The van der Waals surface area contributed by atoms with E-state index in [1.807, 2.05) is 37.3 Å². The van der Waals surface area contributed by atoms with E-state index in [4.69, 9.17) is 15.2 Å². The van der Waals surface area contributed by atoms with E-state index >= 15 is 0 Å². The molecular formula is C18H22N2O3. The van der Waals surface area contributed by atoms with Crippen molar-refractivity contribution in [2.45, 2.75) is 13.3 Å². The first-order valence-electron chi connectivity index (χ1n) is 7.62. The fraction of sp³-hybridized carbons (Fsp3) is 0.278. The zero-order valence-electron chi connectivity index (χ0n) is 13.2. The van der Waals surface area contributed by atoms with Gasteiger partial charge in [0.05, 0.1) is 13.0 Å². The summed E-state index contributed by atoms with van der Waals surface area (Å²) in [7, 11) is 0. The highest BCUT2D eigenvalue weighted by Gasteiger charge is 2.05. The van der Waals surface area contributed by atoms with E-state index in [-0.39, 0.29) is 5.91 Å². The van der Waals surface area contributed by atoms with Gasteiger partial charge in [-0.05, 0) is 36.8 Å². The molecule has 5 heteroatoms. The van der Waals surface area contributed by atoms with E-state index in [9.17, 15) is 4.79 Å². The van der Waals surface area contributed by atoms with E-state index in [2.05, 4.69) is 5.32 Å². The minimum Gasteiger partial charge on any atom is -0.491 e. The molecule has 0 unspecified atom stereocenters. The standard InChI is InChI=1S/C18H22N2O3/c1-2-22-10-11-23-17-5-3-4-16(13-17)20-18(21)12-14-6-8-15(19)9-7-14/h3-9,13H,2,10-12,19H2,1H3,(H,20,21). The van der Waals surface area contributed by atoms with Crippen LogP contribution < -0.4 is 15.8 Å². The number of carbonyl (C=O) groups is 1. The smallest absolute Gasteiger partial charge is 0.228 e. The van der Waals surface area contributed by atoms with Crippen LogP contribution in [-0.4, -0.2) is 25.7 Å². The number of nitrogens with one attached hydrogen (secondary N) is 1. The number of amides is 1. The molecular weight excluding hydrogens is 292 g/mol. The Kier molecular flexibility index (Phi) is 6.44. The Morgan fingerprint density at radius 2 is 1.91 bits per heavy atom. The lowest BCUT2D eigenvalue weighted by atomic mass is 10.1. The normalized spacial score (nSPS) is 10.3. The second kappa shape index (κ2) is 8.80. The van der Waals surface area contributed by atoms with E-state index < -0.39 is 0 Å². The third-order valence-corrected chi connectivity index (χ3v) is 3.16. The fourth-order valence-corrected chi connectivity index (χ4v) is 2.05. The minimum atomic E-state index is -0.0822. The first-order chi connectivity index (χ1) is 11.2. The Morgan fingerprint density at radius 3 is 2.65 bits per heavy atom. The van der Waals surface area contributed by atoms with Gasteiger partial charge in [-0.3, -0.25) is 4.79 Å². The van der Waals surface area contributed by atoms with Gasteiger partial charge in [0, 0.05) is 24.0 Å². The Balaban J connectivity index is 1.86. The molecule has 5 nitrogen and oxygen atoms in total. The minimum absolute atomic E-state index is 0.0822. The molecule has 1 amide bonds. The van der Waals surface area contributed by atoms with Crippen LogP contribution in [-0.2, 0) is 16.0 Å². The quantitative estimate of drug-likeness (QED) is 0.580. The van der Waals surface area contributed by atoms with Gasteiger partial charge < -0.3 is 20.5 Å². The van der Waals surface area contributed by atoms with Crippen LogP contribution in [0.15, 0.2) is 48.5 Å². The number of nitrogens with two attached hydrogens (primary N) is 1. The molecule has 2 aromatic carbocycles. The van der Waals surface area contributed by atoms with Gasteiger partial charge in [0.15, 0.2) is 0 Å². The van der Waals surface area contributed by atoms with Crippen LogP contribution in [0, 0.1) is 0 Å². The van der Waals surface area contributed by atoms with Crippen LogP contribution in [0.3, 0.4) is 0 Å². The van der Waals surface area contributed by atoms with Crippen molar-refractivity contribution in [3.8, 4) is 5.75 Å². The monoisotopic (exact) mass is 314 g/mol. The number of ether oxygens (including phenoxy) is 2. The predicted molar refractivity (Wildman–Crippen MR) is 91.6 cm³/mol. The van der Waals surface area contributed by atoms with Crippen molar-refractivity contribution in [3.05, 3.63) is 54.1 Å². The van der Waals surface area contributed by atoms with Crippen molar-refractivity contribution in [2.24, 2.45) is 0 Å². The molecule has 0 heterocycles. The summed E-state index contributed by atoms with van der Waals surface area (Å²) in [5, 5.41) is 2.87. The van der Waals surface area contributed by atoms with Crippen LogP contribution in [0.2, 0.25) is 0 Å². The second-order valence-corrected chi connectivity index (χ2v) is 5.04. The maximum atomic E-state index is 12.1. The average Bonchev–Trinajstić information content (AvgIpc) is 2.54. The molecule has 0 fully saturated rings. The molecule has 0 saturated heterocycles. The SMILES string of the molecule is CCOCCOc1cccc(NC(=O)Cc2ccc(N)cc2)c1. The number of hydrogen-bond acceptors (Lipinski definition) is 4. The number of rotatable bonds is 8. The van der Waals surface area contributed by atoms with E-state index in [1.54, 1.807) is 18.2 Å². The van der Waals surface area contributed by atoms with E-state index in [0.717, 1.165) is 5.56 Å². The van der Waals surface area contributed by atoms with Gasteiger partial charge >= 0.3 is 0 Å². The fourth-order valence-electron chi connectivity index (χ4n) is 2.05. The first kappa shape index (κ1) is 16.8. The Morgan fingerprint density at radius 1 is 1.13 bits per heavy atom. The molecule has 0 aromatic heterocycles. The molecule has 0 aliphatic heterocycles. The summed E-state index contributed by atoms with van der Waals surface area (Å²) < 4.78 is 10.8. The lowest BCUT2D eigenvalue weighted by molar-refractivity contribution is -0.115. The zero-order chi connectivity index (χ0) is 16.5. The molecule has 23 heavy (non-hydrogen) atoms. The highest BCUT2D eigenvalue weighted by Crippen LogP contribution is 2.17. The van der Waals surface area contributed by atoms with E-state index in [1.165, 1.54) is 0 Å². The van der Waals surface area contributed by atoms with Crippen molar-refractivity contribution in [2.75, 3.05) is 30.9 Å². The summed E-state index contributed by atoms with van der Waals surface area (Å²) in [6.07, 6.45) is 0.301. The molecule has 0 bridgehead atoms. The van der Waals surface area contributed by atoms with Gasteiger partial charge in [0.25, 0.3) is 0 Å². The maximum absolute atomic E-state index is 12.1. The Hall–Kier alpha value is -2.53. The number of benzene rings is 2. The van der Waals surface area contributed by atoms with Gasteiger partial charge in [0.1, 0.15) is 12.4 Å².